The van der Waals surface area contributed by atoms with Gasteiger partial charge in [-0.15, -0.1) is 0 Å². The van der Waals surface area contributed by atoms with Crippen LogP contribution in [0.1, 0.15) is 55.6 Å². The van der Waals surface area contributed by atoms with Gasteiger partial charge in [-0.1, -0.05) is 11.6 Å². The van der Waals surface area contributed by atoms with Crippen LogP contribution in [0.15, 0.2) is 39.9 Å². The van der Waals surface area contributed by atoms with Gasteiger partial charge in [0.05, 0.1) is 35.4 Å². The fraction of sp³-hybridized carbons (Fsp3) is 0.429. The van der Waals surface area contributed by atoms with Gasteiger partial charge in [-0.3, -0.25) is 23.5 Å². The zero-order chi connectivity index (χ0) is 27.6. The van der Waals surface area contributed by atoms with Crippen molar-refractivity contribution >= 4 is 28.4 Å². The highest BCUT2D eigenvalue weighted by molar-refractivity contribution is 6.04. The fourth-order valence-corrected chi connectivity index (χ4v) is 4.98. The van der Waals surface area contributed by atoms with Crippen LogP contribution in [0.2, 0.25) is 0 Å². The Labute approximate surface area is 220 Å². The van der Waals surface area contributed by atoms with Crippen LogP contribution in [0, 0.1) is 6.92 Å². The summed E-state index contributed by atoms with van der Waals surface area (Å²) < 4.78 is 14.2. The van der Waals surface area contributed by atoms with E-state index in [1.54, 1.807) is 36.2 Å². The van der Waals surface area contributed by atoms with Gasteiger partial charge in [0.1, 0.15) is 0 Å². The van der Waals surface area contributed by atoms with E-state index >= 15 is 0 Å². The van der Waals surface area contributed by atoms with Crippen LogP contribution in [0.25, 0.3) is 10.9 Å². The molecule has 3 aromatic rings. The Bertz CT molecular complexity index is 1500. The first-order chi connectivity index (χ1) is 18.2. The average Bonchev–Trinajstić information content (AvgIpc) is 2.89. The molecule has 202 valence electrons. The van der Waals surface area contributed by atoms with Crippen LogP contribution in [-0.2, 0) is 11.8 Å². The Morgan fingerprint density at radius 2 is 1.63 bits per heavy atom. The highest BCUT2D eigenvalue weighted by Gasteiger charge is 2.29. The first-order valence-corrected chi connectivity index (χ1v) is 12.9. The van der Waals surface area contributed by atoms with Gasteiger partial charge in [-0.05, 0) is 51.8 Å². The molecule has 0 bridgehead atoms. The molecule has 0 radical (unpaired) electrons. The number of aromatic nitrogens is 2. The number of ether oxygens (including phenoxy) is 2. The van der Waals surface area contributed by atoms with Crippen molar-refractivity contribution in [3.8, 4) is 11.5 Å². The van der Waals surface area contributed by atoms with Crippen LogP contribution < -0.4 is 26.0 Å². The zero-order valence-electron chi connectivity index (χ0n) is 22.5. The number of nitrogens with one attached hydrogen (secondary N) is 1. The van der Waals surface area contributed by atoms with Gasteiger partial charge in [-0.25, -0.2) is 4.79 Å². The molecule has 1 aromatic heterocycles. The third-order valence-electron chi connectivity index (χ3n) is 6.80. The number of carbonyl (C=O) groups excluding carboxylic acids is 2. The van der Waals surface area contributed by atoms with Crippen molar-refractivity contribution in [2.45, 2.75) is 46.6 Å². The Morgan fingerprint density at radius 1 is 1.00 bits per heavy atom. The number of aryl methyl sites for hydroxylation is 2. The number of nitrogens with zero attached hydrogens (tertiary/aromatic N) is 3. The quantitative estimate of drug-likeness (QED) is 0.510. The number of fused-ring (bicyclic) bond motifs is 1. The van der Waals surface area contributed by atoms with E-state index in [2.05, 4.69) is 5.32 Å². The number of carbonyl (C=O) groups is 2. The predicted molar refractivity (Wildman–Crippen MR) is 145 cm³/mol. The molecule has 0 saturated carbocycles. The van der Waals surface area contributed by atoms with Crippen molar-refractivity contribution in [1.29, 1.82) is 0 Å². The van der Waals surface area contributed by atoms with Crippen molar-refractivity contribution in [1.82, 2.24) is 14.0 Å². The third kappa shape index (κ3) is 5.16. The number of rotatable bonds is 7. The summed E-state index contributed by atoms with van der Waals surface area (Å²) in [6, 6.07) is 8.35. The topological polar surface area (TPSA) is 112 Å². The summed E-state index contributed by atoms with van der Waals surface area (Å²) in [4.78, 5) is 53.6. The average molecular weight is 523 g/mol. The van der Waals surface area contributed by atoms with Crippen LogP contribution in [-0.4, -0.2) is 52.2 Å². The van der Waals surface area contributed by atoms with Crippen molar-refractivity contribution < 1.29 is 19.1 Å². The number of piperidine rings is 1. The van der Waals surface area contributed by atoms with Crippen LogP contribution in [0.4, 0.5) is 5.69 Å². The van der Waals surface area contributed by atoms with Crippen molar-refractivity contribution in [2.75, 3.05) is 31.6 Å². The monoisotopic (exact) mass is 522 g/mol. The predicted octanol–water partition coefficient (Wildman–Crippen LogP) is 3.24. The minimum absolute atomic E-state index is 0.273. The van der Waals surface area contributed by atoms with Gasteiger partial charge in [0, 0.05) is 39.2 Å². The molecule has 38 heavy (non-hydrogen) atoms. The third-order valence-corrected chi connectivity index (χ3v) is 6.80. The minimum atomic E-state index is -0.364. The van der Waals surface area contributed by atoms with Gasteiger partial charge in [0.15, 0.2) is 11.5 Å². The van der Waals surface area contributed by atoms with E-state index in [0.717, 1.165) is 5.56 Å². The highest BCUT2D eigenvalue weighted by Crippen LogP contribution is 2.35. The molecule has 2 aromatic carbocycles. The SMILES string of the molecule is CCOc1cc(NC(C)=O)c(C(=O)N2CCC(n3c(=O)c4cc(C)ccc4n(C)c3=O)CC2)cc1OCC. The Balaban J connectivity index is 1.63. The second-order valence-corrected chi connectivity index (χ2v) is 9.45. The number of anilines is 1. The molecule has 1 N–H and O–H groups in total. The van der Waals surface area contributed by atoms with Gasteiger partial charge < -0.3 is 19.7 Å². The molecular weight excluding hydrogens is 488 g/mol. The fourth-order valence-electron chi connectivity index (χ4n) is 4.98. The molecule has 1 fully saturated rings. The summed E-state index contributed by atoms with van der Waals surface area (Å²) in [6.07, 6.45) is 0.895. The molecule has 1 saturated heterocycles. The number of amides is 2. The van der Waals surface area contributed by atoms with Crippen LogP contribution in [0.5, 0.6) is 11.5 Å². The molecule has 1 aliphatic rings. The first-order valence-electron chi connectivity index (χ1n) is 12.9. The lowest BCUT2D eigenvalue weighted by atomic mass is 10.0. The molecule has 10 nitrogen and oxygen atoms in total. The minimum Gasteiger partial charge on any atom is -0.490 e. The molecular formula is C28H34N4O6. The number of hydrogen-bond donors (Lipinski definition) is 1. The van der Waals surface area contributed by atoms with Gasteiger partial charge >= 0.3 is 5.69 Å². The zero-order valence-corrected chi connectivity index (χ0v) is 22.5. The van der Waals surface area contributed by atoms with Crippen LogP contribution >= 0.6 is 0 Å². The van der Waals surface area contributed by atoms with Crippen molar-refractivity contribution in [2.24, 2.45) is 7.05 Å². The number of benzene rings is 2. The van der Waals surface area contributed by atoms with E-state index in [1.807, 2.05) is 26.8 Å². The second-order valence-electron chi connectivity index (χ2n) is 9.45. The van der Waals surface area contributed by atoms with E-state index in [1.165, 1.54) is 16.1 Å². The molecule has 0 atom stereocenters. The molecule has 0 unspecified atom stereocenters. The summed E-state index contributed by atoms with van der Waals surface area (Å²) in [5.74, 6) is 0.273. The molecule has 10 heteroatoms. The maximum absolute atomic E-state index is 13.6. The lowest BCUT2D eigenvalue weighted by Gasteiger charge is -2.33. The standard InChI is InChI=1S/C28H34N4O6/c1-6-37-24-15-20(22(29-18(4)33)16-25(24)38-7-2)26(34)31-12-10-19(11-13-31)32-27(35)21-14-17(3)8-9-23(21)30(5)28(32)36/h8-9,14-16,19H,6-7,10-13H2,1-5H3,(H,29,33). The Kier molecular flexibility index (Phi) is 7.89. The maximum Gasteiger partial charge on any atom is 0.331 e. The molecule has 4 rings (SSSR count). The molecule has 2 heterocycles. The second kappa shape index (κ2) is 11.1. The lowest BCUT2D eigenvalue weighted by molar-refractivity contribution is -0.114. The smallest absolute Gasteiger partial charge is 0.331 e. The summed E-state index contributed by atoms with van der Waals surface area (Å²) in [6.45, 7) is 8.44. The van der Waals surface area contributed by atoms with Gasteiger partial charge in [0.2, 0.25) is 5.91 Å². The van der Waals surface area contributed by atoms with Gasteiger partial charge in [0.25, 0.3) is 11.5 Å². The summed E-state index contributed by atoms with van der Waals surface area (Å²) in [5.41, 5.74) is 1.50. The maximum atomic E-state index is 13.6. The summed E-state index contributed by atoms with van der Waals surface area (Å²) >= 11 is 0. The normalized spacial score (nSPS) is 14.0. The molecule has 2 amide bonds. The highest BCUT2D eigenvalue weighted by atomic mass is 16.5. The molecule has 1 aliphatic heterocycles. The largest absolute Gasteiger partial charge is 0.490 e. The lowest BCUT2D eigenvalue weighted by Crippen LogP contribution is -2.46. The number of hydrogen-bond acceptors (Lipinski definition) is 6. The summed E-state index contributed by atoms with van der Waals surface area (Å²) in [5, 5.41) is 3.23. The van der Waals surface area contributed by atoms with E-state index < -0.39 is 0 Å². The van der Waals surface area contributed by atoms with E-state index in [0.29, 0.717) is 72.8 Å². The Morgan fingerprint density at radius 3 is 2.24 bits per heavy atom. The van der Waals surface area contributed by atoms with Gasteiger partial charge in [-0.2, -0.15) is 0 Å². The Hall–Kier alpha value is -4.08. The molecule has 0 spiro atoms. The van der Waals surface area contributed by atoms with Crippen molar-refractivity contribution in [3.63, 3.8) is 0 Å². The molecule has 0 aliphatic carbocycles. The van der Waals surface area contributed by atoms with E-state index in [-0.39, 0.29) is 29.1 Å². The van der Waals surface area contributed by atoms with E-state index in [9.17, 15) is 19.2 Å². The van der Waals surface area contributed by atoms with Crippen molar-refractivity contribution in [3.05, 3.63) is 62.3 Å². The number of likely N-dealkylation sites (tertiary alicyclic amines) is 1. The van der Waals surface area contributed by atoms with Crippen LogP contribution in [0.3, 0.4) is 0 Å². The summed E-state index contributed by atoms with van der Waals surface area (Å²) in [7, 11) is 1.67. The van der Waals surface area contributed by atoms with E-state index in [4.69, 9.17) is 9.47 Å². The first kappa shape index (κ1) is 27.0.